The zero-order chi connectivity index (χ0) is 33.6. The maximum atomic E-state index is 12.9. The molecular formula is C30H40N4O10. The third-order valence-electron chi connectivity index (χ3n) is 5.81. The molecule has 44 heavy (non-hydrogen) atoms. The topological polar surface area (TPSA) is 201 Å². The number of hydrogen-bond donors (Lipinski definition) is 3. The molecule has 14 heteroatoms. The highest BCUT2D eigenvalue weighted by atomic mass is 16.8. The summed E-state index contributed by atoms with van der Waals surface area (Å²) in [7, 11) is 0. The second-order valence-corrected chi connectivity index (χ2v) is 12.3. The van der Waals surface area contributed by atoms with E-state index in [9.17, 15) is 29.3 Å². The minimum absolute atomic E-state index is 0.0483. The van der Waals surface area contributed by atoms with E-state index in [2.05, 4.69) is 5.32 Å². The minimum atomic E-state index is -1.17. The summed E-state index contributed by atoms with van der Waals surface area (Å²) in [5, 5.41) is 22.8. The number of carbonyl (C=O) groups is 4. The standard InChI is InChI=1S/C20H28N2O6.C10H12N2O4/c1-12-8-9-15-13(10-12)11-14(21-17(24)26-19(2,3)4)16(23)22(15)28-18(25)27-20(5,6)7;1-6-2-3-9(12(15)16)7(4-6)5-8(11)10(13)14/h8-10,14H,11H2,1-7H3,(H,21,24);2-4,8H,5,11H2,1H3,(H,13,14). The van der Waals surface area contributed by atoms with Gasteiger partial charge in [0, 0.05) is 24.5 Å². The number of hydroxylamine groups is 1. The van der Waals surface area contributed by atoms with E-state index in [1.54, 1.807) is 72.7 Å². The van der Waals surface area contributed by atoms with Crippen LogP contribution >= 0.6 is 0 Å². The van der Waals surface area contributed by atoms with Crippen LogP contribution in [-0.2, 0) is 36.7 Å². The second-order valence-electron chi connectivity index (χ2n) is 12.3. The first-order chi connectivity index (χ1) is 20.2. The van der Waals surface area contributed by atoms with Crippen molar-refractivity contribution in [2.24, 2.45) is 5.73 Å². The minimum Gasteiger partial charge on any atom is -0.480 e. The first-order valence-corrected chi connectivity index (χ1v) is 13.7. The molecule has 0 spiro atoms. The van der Waals surface area contributed by atoms with Gasteiger partial charge in [-0.3, -0.25) is 24.5 Å². The third-order valence-corrected chi connectivity index (χ3v) is 5.81. The van der Waals surface area contributed by atoms with E-state index in [4.69, 9.17) is 25.2 Å². The lowest BCUT2D eigenvalue weighted by Crippen LogP contribution is -2.54. The van der Waals surface area contributed by atoms with Crippen molar-refractivity contribution in [1.82, 2.24) is 5.32 Å². The molecule has 2 aromatic carbocycles. The van der Waals surface area contributed by atoms with Crippen molar-refractivity contribution in [2.75, 3.05) is 5.06 Å². The monoisotopic (exact) mass is 616 g/mol. The zero-order valence-electron chi connectivity index (χ0n) is 26.1. The van der Waals surface area contributed by atoms with Crippen LogP contribution in [0.4, 0.5) is 21.0 Å². The van der Waals surface area contributed by atoms with Gasteiger partial charge in [0.25, 0.3) is 11.6 Å². The number of fused-ring (bicyclic) bond motifs is 1. The van der Waals surface area contributed by atoms with Gasteiger partial charge in [-0.05, 0) is 73.1 Å². The van der Waals surface area contributed by atoms with Crippen molar-refractivity contribution in [1.29, 1.82) is 0 Å². The molecule has 4 N–H and O–H groups in total. The number of anilines is 1. The molecule has 0 aromatic heterocycles. The Balaban J connectivity index is 0.000000358. The van der Waals surface area contributed by atoms with Crippen LogP contribution in [0.2, 0.25) is 0 Å². The van der Waals surface area contributed by atoms with Crippen molar-refractivity contribution in [3.63, 3.8) is 0 Å². The van der Waals surface area contributed by atoms with Crippen LogP contribution in [0, 0.1) is 24.0 Å². The number of carboxylic acids is 1. The highest BCUT2D eigenvalue weighted by Gasteiger charge is 2.38. The van der Waals surface area contributed by atoms with E-state index in [-0.39, 0.29) is 18.5 Å². The van der Waals surface area contributed by atoms with Gasteiger partial charge >= 0.3 is 18.2 Å². The summed E-state index contributed by atoms with van der Waals surface area (Å²) in [5.41, 5.74) is 7.11. The Labute approximate surface area is 255 Å². The van der Waals surface area contributed by atoms with Crippen molar-refractivity contribution >= 4 is 35.5 Å². The molecule has 1 heterocycles. The van der Waals surface area contributed by atoms with Crippen molar-refractivity contribution < 1.29 is 43.5 Å². The highest BCUT2D eigenvalue weighted by Crippen LogP contribution is 2.30. The number of hydrogen-bond acceptors (Lipinski definition) is 10. The van der Waals surface area contributed by atoms with Crippen LogP contribution in [-0.4, -0.2) is 57.4 Å². The number of amides is 2. The summed E-state index contributed by atoms with van der Waals surface area (Å²) < 4.78 is 10.4. The molecule has 1 aliphatic rings. The first-order valence-electron chi connectivity index (χ1n) is 13.7. The molecule has 0 radical (unpaired) electrons. The normalized spacial score (nSPS) is 15.2. The summed E-state index contributed by atoms with van der Waals surface area (Å²) in [6.07, 6.45) is -1.53. The molecule has 14 nitrogen and oxygen atoms in total. The maximum Gasteiger partial charge on any atom is 0.534 e. The molecule has 3 rings (SSSR count). The Hall–Kier alpha value is -4.72. The van der Waals surface area contributed by atoms with Crippen LogP contribution in [0.15, 0.2) is 36.4 Å². The van der Waals surface area contributed by atoms with Gasteiger partial charge in [-0.2, -0.15) is 0 Å². The van der Waals surface area contributed by atoms with Crippen LogP contribution in [0.25, 0.3) is 0 Å². The van der Waals surface area contributed by atoms with E-state index >= 15 is 0 Å². The average Bonchev–Trinajstić information content (AvgIpc) is 2.84. The predicted octanol–water partition coefficient (Wildman–Crippen LogP) is 4.50. The average molecular weight is 617 g/mol. The number of alkyl carbamates (subject to hydrolysis) is 1. The molecule has 0 fully saturated rings. The lowest BCUT2D eigenvalue weighted by atomic mass is 9.97. The van der Waals surface area contributed by atoms with Gasteiger partial charge < -0.3 is 25.6 Å². The van der Waals surface area contributed by atoms with E-state index < -0.39 is 52.3 Å². The van der Waals surface area contributed by atoms with Gasteiger partial charge in [0.15, 0.2) is 0 Å². The molecule has 2 atom stereocenters. The van der Waals surface area contributed by atoms with E-state index in [1.807, 2.05) is 13.0 Å². The van der Waals surface area contributed by atoms with E-state index in [1.165, 1.54) is 6.07 Å². The molecular weight excluding hydrogens is 576 g/mol. The molecule has 240 valence electrons. The number of nitro groups is 1. The third kappa shape index (κ3) is 10.8. The van der Waals surface area contributed by atoms with Crippen LogP contribution in [0.1, 0.15) is 63.8 Å². The number of aryl methyl sites for hydroxylation is 2. The van der Waals surface area contributed by atoms with Crippen LogP contribution < -0.4 is 16.1 Å². The molecule has 0 aliphatic carbocycles. The highest BCUT2D eigenvalue weighted by molar-refractivity contribution is 6.01. The fraction of sp³-hybridized carbons (Fsp3) is 0.467. The molecule has 2 amide bonds. The lowest BCUT2D eigenvalue weighted by molar-refractivity contribution is -0.385. The number of carboxylic acid groups (broad SMARTS) is 1. The van der Waals surface area contributed by atoms with Gasteiger partial charge in [0.1, 0.15) is 23.3 Å². The Morgan fingerprint density at radius 3 is 2.16 bits per heavy atom. The summed E-state index contributed by atoms with van der Waals surface area (Å²) in [4.78, 5) is 63.1. The molecule has 2 aromatic rings. The molecule has 1 aliphatic heterocycles. The zero-order valence-corrected chi connectivity index (χ0v) is 26.1. The Morgan fingerprint density at radius 2 is 1.61 bits per heavy atom. The molecule has 2 unspecified atom stereocenters. The number of ether oxygens (including phenoxy) is 2. The molecule has 0 saturated carbocycles. The molecule has 0 bridgehead atoms. The molecule has 0 saturated heterocycles. The smallest absolute Gasteiger partial charge is 0.480 e. The van der Waals surface area contributed by atoms with Crippen LogP contribution in [0.5, 0.6) is 0 Å². The van der Waals surface area contributed by atoms with Gasteiger partial charge in [-0.15, -0.1) is 5.06 Å². The van der Waals surface area contributed by atoms with E-state index in [0.717, 1.165) is 21.8 Å². The summed E-state index contributed by atoms with van der Waals surface area (Å²) in [6.45, 7) is 13.9. The second kappa shape index (κ2) is 14.2. The number of nitrogens with zero attached hydrogens (tertiary/aromatic N) is 2. The number of rotatable bonds is 6. The fourth-order valence-electron chi connectivity index (χ4n) is 4.02. The van der Waals surface area contributed by atoms with Crippen molar-refractivity contribution in [2.45, 2.75) is 91.5 Å². The van der Waals surface area contributed by atoms with Crippen molar-refractivity contribution in [3.05, 3.63) is 68.8 Å². The maximum absolute atomic E-state index is 12.9. The van der Waals surface area contributed by atoms with Crippen LogP contribution in [0.3, 0.4) is 0 Å². The number of carbonyl (C=O) groups excluding carboxylic acids is 3. The number of nitrogens with one attached hydrogen (secondary N) is 1. The Bertz CT molecular complexity index is 1410. The number of nitrogens with two attached hydrogens (primary N) is 1. The Morgan fingerprint density at radius 1 is 1.05 bits per heavy atom. The summed E-state index contributed by atoms with van der Waals surface area (Å²) in [6, 6.07) is 7.85. The Kier molecular flexibility index (Phi) is 11.4. The van der Waals surface area contributed by atoms with Crippen molar-refractivity contribution in [3.8, 4) is 0 Å². The number of nitro benzene ring substituents is 1. The largest absolute Gasteiger partial charge is 0.534 e. The van der Waals surface area contributed by atoms with Gasteiger partial charge in [0.05, 0.1) is 10.6 Å². The number of aliphatic carboxylic acids is 1. The summed E-state index contributed by atoms with van der Waals surface area (Å²) in [5.74, 6) is -1.76. The summed E-state index contributed by atoms with van der Waals surface area (Å²) >= 11 is 0. The quantitative estimate of drug-likeness (QED) is 0.234. The van der Waals surface area contributed by atoms with Gasteiger partial charge in [-0.25, -0.2) is 9.59 Å². The van der Waals surface area contributed by atoms with Gasteiger partial charge in [-0.1, -0.05) is 29.3 Å². The SMILES string of the molecule is Cc1ccc([N+](=O)[O-])c(CC(N)C(=O)O)c1.Cc1ccc2c(c1)CC(NC(=O)OC(C)(C)C)C(=O)N2OC(=O)OC(C)(C)C. The predicted molar refractivity (Wildman–Crippen MR) is 160 cm³/mol. The van der Waals surface area contributed by atoms with E-state index in [0.29, 0.717) is 11.3 Å². The lowest BCUT2D eigenvalue weighted by Gasteiger charge is -2.33. The van der Waals surface area contributed by atoms with Gasteiger partial charge in [0.2, 0.25) is 0 Å². The first kappa shape index (κ1) is 35.5. The number of benzene rings is 2. The fourth-order valence-corrected chi connectivity index (χ4v) is 4.02.